The molecule has 1 heterocycles. The Hall–Kier alpha value is -1.87. The van der Waals surface area contributed by atoms with Crippen LogP contribution in [0.4, 0.5) is 0 Å². The molecule has 0 atom stereocenters. The lowest BCUT2D eigenvalue weighted by Gasteiger charge is -2.15. The Labute approximate surface area is 114 Å². The minimum absolute atomic E-state index is 0.470. The zero-order chi connectivity index (χ0) is 13.8. The topological polar surface area (TPSA) is 48.1 Å². The van der Waals surface area contributed by atoms with Crippen molar-refractivity contribution in [2.75, 3.05) is 7.11 Å². The Balaban J connectivity index is 2.61. The molecule has 1 aromatic carbocycles. The SMILES string of the molecule is COc1ccc(C(C)C)cc1-c1ccncc1CN. The highest BCUT2D eigenvalue weighted by molar-refractivity contribution is 5.73. The van der Waals surface area contributed by atoms with Gasteiger partial charge in [-0.1, -0.05) is 19.9 Å². The zero-order valence-corrected chi connectivity index (χ0v) is 11.7. The van der Waals surface area contributed by atoms with Gasteiger partial charge in [0.2, 0.25) is 0 Å². The summed E-state index contributed by atoms with van der Waals surface area (Å²) >= 11 is 0. The van der Waals surface area contributed by atoms with E-state index in [9.17, 15) is 0 Å². The van der Waals surface area contributed by atoms with Crippen molar-refractivity contribution in [1.82, 2.24) is 4.98 Å². The second kappa shape index (κ2) is 5.85. The first kappa shape index (κ1) is 13.6. The van der Waals surface area contributed by atoms with Gasteiger partial charge in [0.05, 0.1) is 7.11 Å². The first-order chi connectivity index (χ1) is 9.17. The van der Waals surface area contributed by atoms with Crippen LogP contribution in [-0.2, 0) is 6.54 Å². The van der Waals surface area contributed by atoms with Crippen LogP contribution in [0.3, 0.4) is 0 Å². The lowest BCUT2D eigenvalue weighted by Crippen LogP contribution is -2.01. The van der Waals surface area contributed by atoms with E-state index in [4.69, 9.17) is 10.5 Å². The summed E-state index contributed by atoms with van der Waals surface area (Å²) in [6.07, 6.45) is 3.60. The highest BCUT2D eigenvalue weighted by Gasteiger charge is 2.11. The molecule has 0 fully saturated rings. The fraction of sp³-hybridized carbons (Fsp3) is 0.312. The van der Waals surface area contributed by atoms with E-state index in [1.807, 2.05) is 18.3 Å². The molecule has 100 valence electrons. The quantitative estimate of drug-likeness (QED) is 0.912. The Bertz CT molecular complexity index is 564. The molecule has 2 N–H and O–H groups in total. The summed E-state index contributed by atoms with van der Waals surface area (Å²) in [5.41, 5.74) is 10.3. The summed E-state index contributed by atoms with van der Waals surface area (Å²) in [5, 5.41) is 0. The number of aromatic nitrogens is 1. The second-order valence-corrected chi connectivity index (χ2v) is 4.85. The van der Waals surface area contributed by atoms with Crippen molar-refractivity contribution in [3.05, 3.63) is 47.8 Å². The monoisotopic (exact) mass is 256 g/mol. The van der Waals surface area contributed by atoms with Crippen molar-refractivity contribution in [1.29, 1.82) is 0 Å². The molecule has 0 spiro atoms. The Morgan fingerprint density at radius 2 is 2.00 bits per heavy atom. The van der Waals surface area contributed by atoms with E-state index in [0.717, 1.165) is 22.4 Å². The summed E-state index contributed by atoms with van der Waals surface area (Å²) in [6, 6.07) is 8.30. The third-order valence-corrected chi connectivity index (χ3v) is 3.30. The molecule has 0 saturated heterocycles. The van der Waals surface area contributed by atoms with Crippen LogP contribution in [-0.4, -0.2) is 12.1 Å². The highest BCUT2D eigenvalue weighted by Crippen LogP contribution is 2.34. The molecule has 0 amide bonds. The average molecular weight is 256 g/mol. The Morgan fingerprint density at radius 3 is 2.63 bits per heavy atom. The van der Waals surface area contributed by atoms with Gasteiger partial charge in [0.25, 0.3) is 0 Å². The van der Waals surface area contributed by atoms with Crippen molar-refractivity contribution < 1.29 is 4.74 Å². The summed E-state index contributed by atoms with van der Waals surface area (Å²) in [5.74, 6) is 1.35. The molecule has 0 aliphatic heterocycles. The van der Waals surface area contributed by atoms with Gasteiger partial charge in [-0.3, -0.25) is 4.98 Å². The molecule has 0 saturated carbocycles. The molecule has 1 aromatic heterocycles. The lowest BCUT2D eigenvalue weighted by molar-refractivity contribution is 0.416. The van der Waals surface area contributed by atoms with E-state index < -0.39 is 0 Å². The molecular formula is C16H20N2O. The van der Waals surface area contributed by atoms with Crippen LogP contribution in [0.2, 0.25) is 0 Å². The minimum atomic E-state index is 0.470. The second-order valence-electron chi connectivity index (χ2n) is 4.85. The molecule has 0 unspecified atom stereocenters. The van der Waals surface area contributed by atoms with E-state index in [-0.39, 0.29) is 0 Å². The molecule has 2 aromatic rings. The molecule has 0 radical (unpaired) electrons. The van der Waals surface area contributed by atoms with Gasteiger partial charge in [0, 0.05) is 24.5 Å². The third kappa shape index (κ3) is 2.76. The van der Waals surface area contributed by atoms with Gasteiger partial charge < -0.3 is 10.5 Å². The van der Waals surface area contributed by atoms with Crippen molar-refractivity contribution in [3.8, 4) is 16.9 Å². The van der Waals surface area contributed by atoms with Crippen LogP contribution >= 0.6 is 0 Å². The van der Waals surface area contributed by atoms with E-state index in [0.29, 0.717) is 12.5 Å². The first-order valence-corrected chi connectivity index (χ1v) is 6.48. The minimum Gasteiger partial charge on any atom is -0.496 e. The van der Waals surface area contributed by atoms with Crippen LogP contribution in [0.15, 0.2) is 36.7 Å². The molecule has 0 bridgehead atoms. The fourth-order valence-electron chi connectivity index (χ4n) is 2.15. The highest BCUT2D eigenvalue weighted by atomic mass is 16.5. The molecule has 3 nitrogen and oxygen atoms in total. The number of pyridine rings is 1. The fourth-order valence-corrected chi connectivity index (χ4v) is 2.15. The van der Waals surface area contributed by atoms with Gasteiger partial charge in [0.1, 0.15) is 5.75 Å². The van der Waals surface area contributed by atoms with Gasteiger partial charge in [-0.05, 0) is 40.8 Å². The molecular weight excluding hydrogens is 236 g/mol. The number of nitrogens with zero attached hydrogens (tertiary/aromatic N) is 1. The maximum Gasteiger partial charge on any atom is 0.126 e. The van der Waals surface area contributed by atoms with Gasteiger partial charge in [0.15, 0.2) is 0 Å². The van der Waals surface area contributed by atoms with E-state index in [2.05, 4.69) is 31.0 Å². The standard InChI is InChI=1S/C16H20N2O/c1-11(2)12-4-5-16(19-3)15(8-12)14-6-7-18-10-13(14)9-17/h4-8,10-11H,9,17H2,1-3H3. The molecule has 0 aliphatic rings. The van der Waals surface area contributed by atoms with Crippen LogP contribution < -0.4 is 10.5 Å². The molecule has 19 heavy (non-hydrogen) atoms. The molecule has 2 rings (SSSR count). The Kier molecular flexibility index (Phi) is 4.17. The van der Waals surface area contributed by atoms with Crippen LogP contribution in [0.1, 0.15) is 30.9 Å². The number of benzene rings is 1. The number of nitrogens with two attached hydrogens (primary N) is 1. The normalized spacial score (nSPS) is 10.8. The van der Waals surface area contributed by atoms with Crippen molar-refractivity contribution >= 4 is 0 Å². The predicted octanol–water partition coefficient (Wildman–Crippen LogP) is 3.34. The zero-order valence-electron chi connectivity index (χ0n) is 11.7. The van der Waals surface area contributed by atoms with Crippen molar-refractivity contribution in [2.45, 2.75) is 26.3 Å². The summed E-state index contributed by atoms with van der Waals surface area (Å²) in [6.45, 7) is 4.84. The van der Waals surface area contributed by atoms with E-state index in [1.54, 1.807) is 13.3 Å². The van der Waals surface area contributed by atoms with Crippen LogP contribution in [0, 0.1) is 0 Å². The third-order valence-electron chi connectivity index (χ3n) is 3.30. The van der Waals surface area contributed by atoms with Crippen molar-refractivity contribution in [2.24, 2.45) is 5.73 Å². The summed E-state index contributed by atoms with van der Waals surface area (Å²) in [4.78, 5) is 4.13. The Morgan fingerprint density at radius 1 is 1.21 bits per heavy atom. The average Bonchev–Trinajstić information content (AvgIpc) is 2.46. The summed E-state index contributed by atoms with van der Waals surface area (Å²) in [7, 11) is 1.69. The smallest absolute Gasteiger partial charge is 0.126 e. The molecule has 3 heteroatoms. The first-order valence-electron chi connectivity index (χ1n) is 6.48. The largest absolute Gasteiger partial charge is 0.496 e. The number of ether oxygens (including phenoxy) is 1. The molecule has 0 aliphatic carbocycles. The van der Waals surface area contributed by atoms with Gasteiger partial charge in [-0.15, -0.1) is 0 Å². The van der Waals surface area contributed by atoms with Gasteiger partial charge >= 0.3 is 0 Å². The maximum absolute atomic E-state index is 5.80. The van der Waals surface area contributed by atoms with E-state index in [1.165, 1.54) is 5.56 Å². The van der Waals surface area contributed by atoms with Gasteiger partial charge in [-0.25, -0.2) is 0 Å². The maximum atomic E-state index is 5.80. The van der Waals surface area contributed by atoms with Crippen molar-refractivity contribution in [3.63, 3.8) is 0 Å². The number of rotatable bonds is 4. The number of hydrogen-bond acceptors (Lipinski definition) is 3. The predicted molar refractivity (Wildman–Crippen MR) is 78.2 cm³/mol. The number of hydrogen-bond donors (Lipinski definition) is 1. The lowest BCUT2D eigenvalue weighted by atomic mass is 9.95. The summed E-state index contributed by atoms with van der Waals surface area (Å²) < 4.78 is 5.47. The van der Waals surface area contributed by atoms with E-state index >= 15 is 0 Å². The van der Waals surface area contributed by atoms with Gasteiger partial charge in [-0.2, -0.15) is 0 Å². The van der Waals surface area contributed by atoms with Crippen LogP contribution in [0.5, 0.6) is 5.75 Å². The van der Waals surface area contributed by atoms with Crippen LogP contribution in [0.25, 0.3) is 11.1 Å². The number of methoxy groups -OCH3 is 1.